The Hall–Kier alpha value is -2.07. The fourth-order valence-electron chi connectivity index (χ4n) is 1.12. The molecule has 3 amide bonds. The van der Waals surface area contributed by atoms with Crippen LogP contribution >= 0.6 is 15.9 Å². The van der Waals surface area contributed by atoms with E-state index in [1.807, 2.05) is 11.4 Å². The van der Waals surface area contributed by atoms with Crippen LogP contribution in [0, 0.1) is 11.3 Å². The van der Waals surface area contributed by atoms with Crippen LogP contribution in [-0.2, 0) is 4.79 Å². The second kappa shape index (κ2) is 5.86. The number of imide groups is 1. The van der Waals surface area contributed by atoms with Crippen LogP contribution < -0.4 is 16.4 Å². The number of nitrogens with zero attached hydrogens (tertiary/aromatic N) is 1. The monoisotopic (exact) mass is 296 g/mol. The molecule has 0 spiro atoms. The van der Waals surface area contributed by atoms with E-state index in [4.69, 9.17) is 11.0 Å². The third-order valence-corrected chi connectivity index (χ3v) is 2.30. The summed E-state index contributed by atoms with van der Waals surface area (Å²) < 4.78 is 0.765. The maximum absolute atomic E-state index is 11.1. The zero-order valence-electron chi connectivity index (χ0n) is 8.66. The predicted octanol–water partition coefficient (Wildman–Crippen LogP) is 0.928. The standard InChI is InChI=1S/C10H9BrN4O2/c11-7-1-2-8(6(3-7)4-12)14-5-9(16)15-10(13)17/h1-3,14H,5H2,(H3,13,15,16,17). The summed E-state index contributed by atoms with van der Waals surface area (Å²) in [6.07, 6.45) is 0. The van der Waals surface area contributed by atoms with Crippen LogP contribution in [0.5, 0.6) is 0 Å². The first-order chi connectivity index (χ1) is 8.02. The molecule has 17 heavy (non-hydrogen) atoms. The zero-order valence-corrected chi connectivity index (χ0v) is 10.2. The van der Waals surface area contributed by atoms with Crippen LogP contribution in [0.1, 0.15) is 5.56 Å². The summed E-state index contributed by atoms with van der Waals surface area (Å²) in [5, 5.41) is 13.5. The molecule has 0 saturated carbocycles. The molecule has 0 aliphatic heterocycles. The first-order valence-electron chi connectivity index (χ1n) is 4.55. The molecule has 88 valence electrons. The van der Waals surface area contributed by atoms with Crippen molar-refractivity contribution >= 4 is 33.6 Å². The Kier molecular flexibility index (Phi) is 4.48. The summed E-state index contributed by atoms with van der Waals surface area (Å²) in [5.74, 6) is -0.565. The SMILES string of the molecule is N#Cc1cc(Br)ccc1NCC(=O)NC(N)=O. The van der Waals surface area contributed by atoms with Gasteiger partial charge in [-0.25, -0.2) is 4.79 Å². The van der Waals surface area contributed by atoms with Gasteiger partial charge in [-0.15, -0.1) is 0 Å². The van der Waals surface area contributed by atoms with Gasteiger partial charge in [-0.3, -0.25) is 10.1 Å². The quantitative estimate of drug-likeness (QED) is 0.771. The minimum absolute atomic E-state index is 0.140. The lowest BCUT2D eigenvalue weighted by atomic mass is 10.2. The molecule has 7 heteroatoms. The van der Waals surface area contributed by atoms with E-state index in [9.17, 15) is 9.59 Å². The van der Waals surface area contributed by atoms with E-state index in [0.29, 0.717) is 11.3 Å². The molecule has 0 aliphatic rings. The maximum Gasteiger partial charge on any atom is 0.318 e. The van der Waals surface area contributed by atoms with Crippen molar-refractivity contribution in [2.24, 2.45) is 5.73 Å². The fourth-order valence-corrected chi connectivity index (χ4v) is 1.48. The highest BCUT2D eigenvalue weighted by Gasteiger charge is 2.06. The van der Waals surface area contributed by atoms with Crippen molar-refractivity contribution in [1.29, 1.82) is 5.26 Å². The van der Waals surface area contributed by atoms with Gasteiger partial charge in [0.25, 0.3) is 0 Å². The summed E-state index contributed by atoms with van der Waals surface area (Å²) in [6.45, 7) is -0.140. The second-order valence-corrected chi connectivity index (χ2v) is 3.98. The van der Waals surface area contributed by atoms with Crippen molar-refractivity contribution in [3.63, 3.8) is 0 Å². The highest BCUT2D eigenvalue weighted by Crippen LogP contribution is 2.19. The minimum Gasteiger partial charge on any atom is -0.375 e. The van der Waals surface area contributed by atoms with E-state index in [2.05, 4.69) is 21.2 Å². The number of urea groups is 1. The molecule has 1 aromatic rings. The Balaban J connectivity index is 2.67. The molecule has 0 radical (unpaired) electrons. The van der Waals surface area contributed by atoms with Gasteiger partial charge in [0.05, 0.1) is 17.8 Å². The summed E-state index contributed by atoms with van der Waals surface area (Å²) in [4.78, 5) is 21.5. The van der Waals surface area contributed by atoms with Gasteiger partial charge in [-0.2, -0.15) is 5.26 Å². The van der Waals surface area contributed by atoms with Gasteiger partial charge in [-0.1, -0.05) is 15.9 Å². The lowest BCUT2D eigenvalue weighted by Crippen LogP contribution is -2.38. The van der Waals surface area contributed by atoms with Gasteiger partial charge in [0.15, 0.2) is 0 Å². The zero-order chi connectivity index (χ0) is 12.8. The van der Waals surface area contributed by atoms with Gasteiger partial charge >= 0.3 is 6.03 Å². The number of hydrogen-bond donors (Lipinski definition) is 3. The van der Waals surface area contributed by atoms with Crippen molar-refractivity contribution < 1.29 is 9.59 Å². The second-order valence-electron chi connectivity index (χ2n) is 3.07. The molecule has 0 saturated heterocycles. The van der Waals surface area contributed by atoms with Gasteiger partial charge in [-0.05, 0) is 18.2 Å². The number of nitriles is 1. The van der Waals surface area contributed by atoms with Gasteiger partial charge in [0.1, 0.15) is 6.07 Å². The topological polar surface area (TPSA) is 108 Å². The molecule has 4 N–H and O–H groups in total. The van der Waals surface area contributed by atoms with E-state index in [-0.39, 0.29) is 6.54 Å². The number of hydrogen-bond acceptors (Lipinski definition) is 4. The number of carbonyl (C=O) groups is 2. The lowest BCUT2D eigenvalue weighted by Gasteiger charge is -2.07. The Labute approximate surface area is 106 Å². The van der Waals surface area contributed by atoms with E-state index < -0.39 is 11.9 Å². The van der Waals surface area contributed by atoms with Crippen LogP contribution in [0.2, 0.25) is 0 Å². The van der Waals surface area contributed by atoms with Crippen molar-refractivity contribution in [2.45, 2.75) is 0 Å². The Morgan fingerprint density at radius 3 is 2.76 bits per heavy atom. The number of nitrogens with two attached hydrogens (primary N) is 1. The van der Waals surface area contributed by atoms with E-state index in [1.165, 1.54) is 0 Å². The van der Waals surface area contributed by atoms with Crippen molar-refractivity contribution in [2.75, 3.05) is 11.9 Å². The van der Waals surface area contributed by atoms with Crippen LogP contribution in [0.15, 0.2) is 22.7 Å². The summed E-state index contributed by atoms with van der Waals surface area (Å²) in [7, 11) is 0. The minimum atomic E-state index is -0.909. The highest BCUT2D eigenvalue weighted by atomic mass is 79.9. The average Bonchev–Trinajstić information content (AvgIpc) is 2.26. The third-order valence-electron chi connectivity index (χ3n) is 1.80. The first-order valence-corrected chi connectivity index (χ1v) is 5.35. The van der Waals surface area contributed by atoms with Crippen LogP contribution in [0.25, 0.3) is 0 Å². The summed E-state index contributed by atoms with van der Waals surface area (Å²) >= 11 is 3.23. The Bertz CT molecular complexity index is 496. The van der Waals surface area contributed by atoms with Crippen LogP contribution in [-0.4, -0.2) is 18.5 Å². The third kappa shape index (κ3) is 4.12. The van der Waals surface area contributed by atoms with Crippen LogP contribution in [0.4, 0.5) is 10.5 Å². The van der Waals surface area contributed by atoms with Crippen molar-refractivity contribution in [3.05, 3.63) is 28.2 Å². The fraction of sp³-hybridized carbons (Fsp3) is 0.100. The number of amides is 3. The summed E-state index contributed by atoms with van der Waals surface area (Å²) in [5.41, 5.74) is 5.69. The number of halogens is 1. The molecular formula is C10H9BrN4O2. The predicted molar refractivity (Wildman–Crippen MR) is 65.1 cm³/mol. The van der Waals surface area contributed by atoms with E-state index in [1.54, 1.807) is 18.2 Å². The molecule has 0 unspecified atom stereocenters. The molecule has 1 rings (SSSR count). The number of anilines is 1. The molecule has 1 aromatic carbocycles. The number of primary amides is 1. The molecule has 0 aromatic heterocycles. The molecule has 0 bridgehead atoms. The normalized spacial score (nSPS) is 9.18. The number of carbonyl (C=O) groups excluding carboxylic acids is 2. The molecule has 0 heterocycles. The van der Waals surface area contributed by atoms with Crippen LogP contribution in [0.3, 0.4) is 0 Å². The Morgan fingerprint density at radius 1 is 1.47 bits per heavy atom. The maximum atomic E-state index is 11.1. The van der Waals surface area contributed by atoms with Gasteiger partial charge < -0.3 is 11.1 Å². The Morgan fingerprint density at radius 2 is 2.18 bits per heavy atom. The number of nitrogens with one attached hydrogen (secondary N) is 2. The van der Waals surface area contributed by atoms with Crippen molar-refractivity contribution in [3.8, 4) is 6.07 Å². The van der Waals surface area contributed by atoms with Gasteiger partial charge in [0, 0.05) is 4.47 Å². The molecule has 0 fully saturated rings. The van der Waals surface area contributed by atoms with Crippen molar-refractivity contribution in [1.82, 2.24) is 5.32 Å². The lowest BCUT2D eigenvalue weighted by molar-refractivity contribution is -0.118. The van der Waals surface area contributed by atoms with E-state index in [0.717, 1.165) is 4.47 Å². The first kappa shape index (κ1) is 13.0. The average molecular weight is 297 g/mol. The van der Waals surface area contributed by atoms with Gasteiger partial charge in [0.2, 0.25) is 5.91 Å². The largest absolute Gasteiger partial charge is 0.375 e. The molecular weight excluding hydrogens is 288 g/mol. The smallest absolute Gasteiger partial charge is 0.318 e. The van der Waals surface area contributed by atoms with E-state index >= 15 is 0 Å². The number of benzene rings is 1. The molecule has 6 nitrogen and oxygen atoms in total. The summed E-state index contributed by atoms with van der Waals surface area (Å²) in [6, 6.07) is 6.08. The molecule has 0 atom stereocenters. The number of rotatable bonds is 3. The highest BCUT2D eigenvalue weighted by molar-refractivity contribution is 9.10. The molecule has 0 aliphatic carbocycles.